The number of hydrogen-bond donors (Lipinski definition) is 1. The van der Waals surface area contributed by atoms with Crippen LogP contribution in [-0.2, 0) is 15.1 Å². The van der Waals surface area contributed by atoms with Gasteiger partial charge in [-0.25, -0.2) is 4.79 Å². The molecule has 0 aliphatic carbocycles. The predicted molar refractivity (Wildman–Crippen MR) is 50.0 cm³/mol. The van der Waals surface area contributed by atoms with E-state index in [1.807, 2.05) is 0 Å². The maximum Gasteiger partial charge on any atom is 0.446 e. The third-order valence-electron chi connectivity index (χ3n) is 1.48. The molecule has 0 aliphatic heterocycles. The summed E-state index contributed by atoms with van der Waals surface area (Å²) in [5.74, 6) is -0.640. The topological polar surface area (TPSA) is 89.9 Å². The fourth-order valence-corrected chi connectivity index (χ4v) is 1.24. The molecule has 1 rings (SSSR count). The standard InChI is InChI=1S/C8H8O6S/c1-13-8(9)6-2-4-7(5-3-6)14-15(10,11)12/h2-5H,1H3,(H,10,11,12). The second-order valence-corrected chi connectivity index (χ2v) is 3.55. The second kappa shape index (κ2) is 4.28. The van der Waals surface area contributed by atoms with Gasteiger partial charge in [-0.05, 0) is 24.3 Å². The molecule has 1 aromatic carbocycles. The van der Waals surface area contributed by atoms with Crippen molar-refractivity contribution in [1.29, 1.82) is 0 Å². The summed E-state index contributed by atoms with van der Waals surface area (Å²) in [6.07, 6.45) is 0. The molecule has 1 N–H and O–H groups in total. The molecule has 0 aromatic heterocycles. The van der Waals surface area contributed by atoms with Gasteiger partial charge in [0, 0.05) is 0 Å². The number of carbonyl (C=O) groups is 1. The molecular formula is C8H8O6S. The summed E-state index contributed by atoms with van der Waals surface area (Å²) in [4.78, 5) is 11.0. The smallest absolute Gasteiger partial charge is 0.446 e. The Kier molecular flexibility index (Phi) is 3.28. The van der Waals surface area contributed by atoms with E-state index in [2.05, 4.69) is 8.92 Å². The molecule has 82 valence electrons. The molecule has 1 aromatic rings. The molecular weight excluding hydrogens is 224 g/mol. The third kappa shape index (κ3) is 3.56. The van der Waals surface area contributed by atoms with E-state index in [1.54, 1.807) is 0 Å². The molecule has 0 radical (unpaired) electrons. The Morgan fingerprint density at radius 3 is 2.20 bits per heavy atom. The van der Waals surface area contributed by atoms with Crippen LogP contribution in [0.3, 0.4) is 0 Å². The first-order valence-corrected chi connectivity index (χ1v) is 5.14. The normalized spacial score (nSPS) is 10.8. The van der Waals surface area contributed by atoms with E-state index in [-0.39, 0.29) is 11.3 Å². The minimum absolute atomic E-state index is 0.0925. The molecule has 0 heterocycles. The summed E-state index contributed by atoms with van der Waals surface area (Å²) >= 11 is 0. The maximum absolute atomic E-state index is 11.0. The van der Waals surface area contributed by atoms with Gasteiger partial charge in [0.25, 0.3) is 0 Å². The van der Waals surface area contributed by atoms with Crippen LogP contribution in [0.1, 0.15) is 10.4 Å². The number of esters is 1. The quantitative estimate of drug-likeness (QED) is 0.608. The fraction of sp³-hybridized carbons (Fsp3) is 0.125. The number of carbonyl (C=O) groups excluding carboxylic acids is 1. The third-order valence-corrected chi connectivity index (χ3v) is 1.88. The van der Waals surface area contributed by atoms with E-state index in [1.165, 1.54) is 31.4 Å². The summed E-state index contributed by atoms with van der Waals surface area (Å²) in [6.45, 7) is 0. The number of rotatable bonds is 3. The molecule has 0 atom stereocenters. The Morgan fingerprint density at radius 2 is 1.80 bits per heavy atom. The van der Waals surface area contributed by atoms with Crippen molar-refractivity contribution in [3.63, 3.8) is 0 Å². The van der Waals surface area contributed by atoms with Crippen LogP contribution < -0.4 is 4.18 Å². The van der Waals surface area contributed by atoms with Gasteiger partial charge in [0.05, 0.1) is 12.7 Å². The van der Waals surface area contributed by atoms with Crippen molar-refractivity contribution in [3.8, 4) is 5.75 Å². The summed E-state index contributed by atoms with van der Waals surface area (Å²) in [7, 11) is -3.30. The molecule has 6 nitrogen and oxygen atoms in total. The van der Waals surface area contributed by atoms with Crippen molar-refractivity contribution in [1.82, 2.24) is 0 Å². The molecule has 0 aliphatic rings. The molecule has 0 bridgehead atoms. The second-order valence-electron chi connectivity index (χ2n) is 2.53. The Morgan fingerprint density at radius 1 is 1.27 bits per heavy atom. The highest BCUT2D eigenvalue weighted by Crippen LogP contribution is 2.14. The summed E-state index contributed by atoms with van der Waals surface area (Å²) in [5.41, 5.74) is 0.250. The largest absolute Gasteiger partial charge is 0.465 e. The van der Waals surface area contributed by atoms with Crippen LogP contribution in [-0.4, -0.2) is 26.0 Å². The fourth-order valence-electron chi connectivity index (χ4n) is 0.886. The first-order valence-electron chi connectivity index (χ1n) is 3.77. The highest BCUT2D eigenvalue weighted by Gasteiger charge is 2.08. The van der Waals surface area contributed by atoms with E-state index in [0.29, 0.717) is 0 Å². The average Bonchev–Trinajstić information content (AvgIpc) is 2.15. The maximum atomic E-state index is 11.0. The highest BCUT2D eigenvalue weighted by molar-refractivity contribution is 7.81. The van der Waals surface area contributed by atoms with Crippen molar-refractivity contribution < 1.29 is 26.7 Å². The van der Waals surface area contributed by atoms with Crippen LogP contribution in [0.5, 0.6) is 5.75 Å². The molecule has 7 heteroatoms. The zero-order chi connectivity index (χ0) is 11.5. The van der Waals surface area contributed by atoms with Crippen molar-refractivity contribution in [3.05, 3.63) is 29.8 Å². The first-order chi connectivity index (χ1) is 6.92. The van der Waals surface area contributed by atoms with Gasteiger partial charge in [-0.15, -0.1) is 0 Å². The molecule has 0 amide bonds. The number of methoxy groups -OCH3 is 1. The Labute approximate surface area is 86.4 Å². The first kappa shape index (κ1) is 11.5. The van der Waals surface area contributed by atoms with Crippen LogP contribution in [0.4, 0.5) is 0 Å². The lowest BCUT2D eigenvalue weighted by Gasteiger charge is -2.02. The lowest BCUT2D eigenvalue weighted by molar-refractivity contribution is 0.0600. The van der Waals surface area contributed by atoms with Crippen LogP contribution in [0.15, 0.2) is 24.3 Å². The molecule has 0 fully saturated rings. The molecule has 0 unspecified atom stereocenters. The van der Waals surface area contributed by atoms with Gasteiger partial charge in [-0.3, -0.25) is 4.55 Å². The zero-order valence-electron chi connectivity index (χ0n) is 7.71. The Hall–Kier alpha value is -1.60. The van der Waals surface area contributed by atoms with Gasteiger partial charge in [-0.1, -0.05) is 0 Å². The number of hydrogen-bond acceptors (Lipinski definition) is 5. The van der Waals surface area contributed by atoms with Gasteiger partial charge in [0.2, 0.25) is 0 Å². The molecule has 15 heavy (non-hydrogen) atoms. The zero-order valence-corrected chi connectivity index (χ0v) is 8.52. The van der Waals surface area contributed by atoms with E-state index < -0.39 is 16.4 Å². The number of ether oxygens (including phenoxy) is 1. The molecule has 0 saturated heterocycles. The Bertz CT molecular complexity index is 447. The summed E-state index contributed by atoms with van der Waals surface area (Å²) < 4.78 is 37.6. The minimum atomic E-state index is -4.53. The van der Waals surface area contributed by atoms with Gasteiger partial charge >= 0.3 is 16.4 Å². The SMILES string of the molecule is COC(=O)c1ccc(OS(=O)(=O)O)cc1. The van der Waals surface area contributed by atoms with Crippen molar-refractivity contribution in [2.75, 3.05) is 7.11 Å². The lowest BCUT2D eigenvalue weighted by atomic mass is 10.2. The summed E-state index contributed by atoms with van der Waals surface area (Å²) in [6, 6.07) is 5.07. The summed E-state index contributed by atoms with van der Waals surface area (Å²) in [5, 5.41) is 0. The average molecular weight is 232 g/mol. The van der Waals surface area contributed by atoms with E-state index in [0.717, 1.165) is 0 Å². The number of benzene rings is 1. The van der Waals surface area contributed by atoms with Crippen molar-refractivity contribution in [2.45, 2.75) is 0 Å². The predicted octanol–water partition coefficient (Wildman–Crippen LogP) is 0.655. The van der Waals surface area contributed by atoms with Crippen LogP contribution in [0.25, 0.3) is 0 Å². The van der Waals surface area contributed by atoms with E-state index >= 15 is 0 Å². The van der Waals surface area contributed by atoms with Crippen molar-refractivity contribution >= 4 is 16.4 Å². The van der Waals surface area contributed by atoms with Crippen LogP contribution in [0.2, 0.25) is 0 Å². The van der Waals surface area contributed by atoms with Crippen LogP contribution in [0, 0.1) is 0 Å². The van der Waals surface area contributed by atoms with Gasteiger partial charge in [0.15, 0.2) is 0 Å². The minimum Gasteiger partial charge on any atom is -0.465 e. The van der Waals surface area contributed by atoms with E-state index in [9.17, 15) is 13.2 Å². The highest BCUT2D eigenvalue weighted by atomic mass is 32.3. The van der Waals surface area contributed by atoms with Crippen molar-refractivity contribution in [2.24, 2.45) is 0 Å². The lowest BCUT2D eigenvalue weighted by Crippen LogP contribution is -2.07. The molecule has 0 spiro atoms. The monoisotopic (exact) mass is 232 g/mol. The van der Waals surface area contributed by atoms with Gasteiger partial charge in [-0.2, -0.15) is 8.42 Å². The Balaban J connectivity index is 2.86. The van der Waals surface area contributed by atoms with Crippen LogP contribution >= 0.6 is 0 Å². The molecule has 0 saturated carbocycles. The van der Waals surface area contributed by atoms with E-state index in [4.69, 9.17) is 4.55 Å². The van der Waals surface area contributed by atoms with Gasteiger partial charge in [0.1, 0.15) is 5.75 Å². The van der Waals surface area contributed by atoms with Gasteiger partial charge < -0.3 is 8.92 Å².